The van der Waals surface area contributed by atoms with Gasteiger partial charge in [-0.2, -0.15) is 0 Å². The summed E-state index contributed by atoms with van der Waals surface area (Å²) < 4.78 is 0. The zero-order chi connectivity index (χ0) is 41.7. The van der Waals surface area contributed by atoms with Crippen molar-refractivity contribution in [2.45, 2.75) is 139 Å². The van der Waals surface area contributed by atoms with E-state index in [2.05, 4.69) is 52.2 Å². The fourth-order valence-electron chi connectivity index (χ4n) is 14.4. The number of rotatable bonds is 12. The maximum atomic E-state index is 13.8. The first kappa shape index (κ1) is 44.0. The summed E-state index contributed by atoms with van der Waals surface area (Å²) in [4.78, 5) is 49.6. The molecule has 5 saturated carbocycles. The maximum Gasteiger partial charge on any atom is 0.306 e. The molecule has 4 N–H and O–H groups in total. The molecule has 1 aromatic carbocycles. The predicted octanol–water partition coefficient (Wildman–Crippen LogP) is 9.20. The summed E-state index contributed by atoms with van der Waals surface area (Å²) in [7, 11) is 0. The molecule has 12 atom stereocenters. The fraction of sp³-hybridized carbons (Fsp3) is 0.750. The maximum absolute atomic E-state index is 13.8. The van der Waals surface area contributed by atoms with E-state index < -0.39 is 12.2 Å². The molecule has 316 valence electrons. The summed E-state index contributed by atoms with van der Waals surface area (Å²) in [6.45, 7) is 19.4. The molecule has 0 radical (unpaired) electrons. The highest BCUT2D eigenvalue weighted by Gasteiger charge is 2.66. The Bertz CT molecular complexity index is 1680. The number of carbonyl (C=O) groups excluding carboxylic acids is 3. The number of aliphatic hydroxyl groups excluding tert-OH is 1. The van der Waals surface area contributed by atoms with Crippen LogP contribution in [-0.2, 0) is 19.2 Å². The van der Waals surface area contributed by atoms with Crippen LogP contribution in [0.4, 0.5) is 0 Å². The number of carbonyl (C=O) groups is 4. The summed E-state index contributed by atoms with van der Waals surface area (Å²) in [6.07, 6.45) is 11.4. The molecule has 12 unspecified atom stereocenters. The Hall–Kier alpha value is -2.55. The van der Waals surface area contributed by atoms with Gasteiger partial charge < -0.3 is 20.8 Å². The highest BCUT2D eigenvalue weighted by atomic mass is 35.5. The van der Waals surface area contributed by atoms with E-state index in [0.717, 1.165) is 49.1 Å². The number of carboxylic acid groups (broad SMARTS) is 1. The van der Waals surface area contributed by atoms with Crippen molar-refractivity contribution in [3.05, 3.63) is 46.0 Å². The van der Waals surface area contributed by atoms with Gasteiger partial charge in [-0.05, 0) is 153 Å². The monoisotopic (exact) mass is 807 g/mol. The van der Waals surface area contributed by atoms with Gasteiger partial charge in [0.2, 0.25) is 6.41 Å². The van der Waals surface area contributed by atoms with Crippen molar-refractivity contribution >= 4 is 35.5 Å². The number of carboxylic acids is 1. The van der Waals surface area contributed by atoms with Crippen LogP contribution in [0.3, 0.4) is 0 Å². The van der Waals surface area contributed by atoms with Crippen LogP contribution in [0.2, 0.25) is 5.02 Å². The van der Waals surface area contributed by atoms with Gasteiger partial charge in [0.15, 0.2) is 5.78 Å². The number of hydrogen-bond acceptors (Lipinski definition) is 6. The van der Waals surface area contributed by atoms with Crippen LogP contribution < -0.4 is 10.6 Å². The normalized spacial score (nSPS) is 38.3. The first-order valence-electron chi connectivity index (χ1n) is 22.1. The van der Waals surface area contributed by atoms with E-state index in [4.69, 9.17) is 11.6 Å². The third kappa shape index (κ3) is 8.07. The van der Waals surface area contributed by atoms with Crippen LogP contribution in [0.1, 0.15) is 131 Å². The van der Waals surface area contributed by atoms with Crippen molar-refractivity contribution in [3.63, 3.8) is 0 Å². The zero-order valence-electron chi connectivity index (χ0n) is 36.0. The smallest absolute Gasteiger partial charge is 0.306 e. The molecule has 1 aromatic rings. The van der Waals surface area contributed by atoms with Crippen molar-refractivity contribution in [1.82, 2.24) is 10.6 Å². The third-order valence-electron chi connectivity index (χ3n) is 17.3. The molecule has 0 bridgehead atoms. The summed E-state index contributed by atoms with van der Waals surface area (Å²) in [5.41, 5.74) is 4.23. The molecular weight excluding hydrogens is 736 g/mol. The van der Waals surface area contributed by atoms with Crippen molar-refractivity contribution in [3.8, 4) is 0 Å². The van der Waals surface area contributed by atoms with Crippen LogP contribution in [0.25, 0.3) is 0 Å². The van der Waals surface area contributed by atoms with Gasteiger partial charge in [-0.25, -0.2) is 0 Å². The van der Waals surface area contributed by atoms with Gasteiger partial charge in [0.05, 0.1) is 5.92 Å². The highest BCUT2D eigenvalue weighted by Crippen LogP contribution is 2.74. The molecule has 6 aliphatic carbocycles. The van der Waals surface area contributed by atoms with Crippen molar-refractivity contribution < 1.29 is 29.4 Å². The zero-order valence-corrected chi connectivity index (χ0v) is 36.7. The number of fused-ring (bicyclic) bond motifs is 7. The number of hydrogen-bond donors (Lipinski definition) is 4. The summed E-state index contributed by atoms with van der Waals surface area (Å²) >= 11 is 5.61. The van der Waals surface area contributed by atoms with Crippen LogP contribution in [0.15, 0.2) is 35.4 Å². The molecule has 57 heavy (non-hydrogen) atoms. The largest absolute Gasteiger partial charge is 0.481 e. The second kappa shape index (κ2) is 16.8. The predicted molar refractivity (Wildman–Crippen MR) is 225 cm³/mol. The minimum Gasteiger partial charge on any atom is -0.481 e. The Labute approximate surface area is 347 Å². The van der Waals surface area contributed by atoms with E-state index in [0.29, 0.717) is 79.9 Å². The van der Waals surface area contributed by atoms with E-state index >= 15 is 0 Å². The number of Topliss-reactive ketones (excluding diaryl/α,β-unsaturated/α-hetero) is 2. The Balaban J connectivity index is 0.000000612. The lowest BCUT2D eigenvalue weighted by Crippen LogP contribution is -2.62. The lowest BCUT2D eigenvalue weighted by atomic mass is 9.35. The van der Waals surface area contributed by atoms with E-state index in [-0.39, 0.29) is 45.3 Å². The van der Waals surface area contributed by atoms with Crippen LogP contribution in [0.5, 0.6) is 0 Å². The quantitative estimate of drug-likeness (QED) is 0.0941. The first-order chi connectivity index (χ1) is 26.8. The number of halogens is 1. The second-order valence-electron chi connectivity index (χ2n) is 20.8. The Morgan fingerprint density at radius 1 is 0.947 bits per heavy atom. The van der Waals surface area contributed by atoms with Gasteiger partial charge in [-0.15, -0.1) is 0 Å². The number of allylic oxidation sites excluding steroid dienone is 2. The van der Waals surface area contributed by atoms with Gasteiger partial charge in [0.25, 0.3) is 0 Å². The number of amides is 1. The lowest BCUT2D eigenvalue weighted by Gasteiger charge is -2.69. The number of aliphatic carboxylic acids is 1. The highest BCUT2D eigenvalue weighted by molar-refractivity contribution is 6.30. The second-order valence-corrected chi connectivity index (χ2v) is 21.2. The molecule has 0 spiro atoms. The number of nitrogens with one attached hydrogen (secondary N) is 2. The van der Waals surface area contributed by atoms with Gasteiger partial charge in [0.1, 0.15) is 12.0 Å². The molecule has 8 nitrogen and oxygen atoms in total. The Morgan fingerprint density at radius 3 is 2.25 bits per heavy atom. The fourth-order valence-corrected chi connectivity index (χ4v) is 14.5. The summed E-state index contributed by atoms with van der Waals surface area (Å²) in [5.74, 6) is 2.12. The van der Waals surface area contributed by atoms with Gasteiger partial charge in [-0.1, -0.05) is 83.3 Å². The number of aliphatic hydroxyl groups is 1. The molecule has 0 aromatic heterocycles. The van der Waals surface area contributed by atoms with Crippen LogP contribution in [-0.4, -0.2) is 53.5 Å². The van der Waals surface area contributed by atoms with Crippen molar-refractivity contribution in [2.75, 3.05) is 13.1 Å². The molecule has 0 heterocycles. The molecule has 9 heteroatoms. The Kier molecular flexibility index (Phi) is 13.0. The van der Waals surface area contributed by atoms with Gasteiger partial charge in [-0.3, -0.25) is 19.2 Å². The average molecular weight is 808 g/mol. The SMILES string of the molecule is CC(C)C1=C2C3CCC4C(C)(CCC5C(C)(C)C(CC(=O)C6CC(C(=O)O)C6C)CCC54C)C3CCC2(CCNCC(O)NC=O)CC1=O.Cc1ccc(Cl)cc1. The standard InChI is InChI=1S/C41H64N2O6.C7H7Cl/c1-23(2)35-31(46)20-41(16-17-42-21-34(47)43-22-44)15-11-29-26(36(35)41)8-9-33-39(29,6)14-12-32-38(4,5)25(10-13-40(32,33)7)18-30(45)27-19-28(24(27)3)37(48)49;1-6-2-4-7(8)5-3-6/h22-29,32-34,42,47H,8-21H2,1-7H3,(H,43,44)(H,48,49);2-5H,1H3. The van der Waals surface area contributed by atoms with Gasteiger partial charge in [0, 0.05) is 35.7 Å². The molecule has 7 rings (SSSR count). The number of ketones is 2. The van der Waals surface area contributed by atoms with Gasteiger partial charge >= 0.3 is 5.97 Å². The van der Waals surface area contributed by atoms with E-state index in [1.165, 1.54) is 30.4 Å². The number of benzene rings is 1. The summed E-state index contributed by atoms with van der Waals surface area (Å²) in [5, 5.41) is 26.0. The first-order valence-corrected chi connectivity index (χ1v) is 22.5. The van der Waals surface area contributed by atoms with Crippen molar-refractivity contribution in [1.29, 1.82) is 0 Å². The molecule has 0 saturated heterocycles. The van der Waals surface area contributed by atoms with E-state index in [9.17, 15) is 29.4 Å². The Morgan fingerprint density at radius 2 is 1.63 bits per heavy atom. The number of aryl methyl sites for hydroxylation is 1. The minimum absolute atomic E-state index is 0.0504. The molecular formula is C48H71ClN2O6. The average Bonchev–Trinajstić information content (AvgIpc) is 3.44. The van der Waals surface area contributed by atoms with E-state index in [1.54, 1.807) is 0 Å². The topological polar surface area (TPSA) is 133 Å². The van der Waals surface area contributed by atoms with Crippen LogP contribution >= 0.6 is 11.6 Å². The molecule has 0 aliphatic heterocycles. The summed E-state index contributed by atoms with van der Waals surface area (Å²) in [6, 6.07) is 7.75. The van der Waals surface area contributed by atoms with Crippen molar-refractivity contribution in [2.24, 2.45) is 74.9 Å². The minimum atomic E-state index is -0.914. The lowest BCUT2D eigenvalue weighted by molar-refractivity contribution is -0.193. The molecule has 1 amide bonds. The third-order valence-corrected chi connectivity index (χ3v) is 17.6. The molecule has 5 fully saturated rings. The van der Waals surface area contributed by atoms with E-state index in [1.807, 2.05) is 38.1 Å². The molecule has 6 aliphatic rings. The van der Waals surface area contributed by atoms with Crippen LogP contribution in [0, 0.1) is 81.8 Å².